The Morgan fingerprint density at radius 1 is 1.41 bits per heavy atom. The van der Waals surface area contributed by atoms with E-state index in [0.29, 0.717) is 24.8 Å². The van der Waals surface area contributed by atoms with Crippen molar-refractivity contribution in [2.24, 2.45) is 0 Å². The van der Waals surface area contributed by atoms with E-state index in [0.717, 1.165) is 30.7 Å². The maximum Gasteiger partial charge on any atom is 0.250 e. The van der Waals surface area contributed by atoms with Gasteiger partial charge in [0, 0.05) is 23.7 Å². The molecule has 1 aromatic rings. The molecule has 22 heavy (non-hydrogen) atoms. The molecule has 2 atom stereocenters. The van der Waals surface area contributed by atoms with Crippen LogP contribution >= 0.6 is 11.6 Å². The van der Waals surface area contributed by atoms with E-state index in [1.165, 1.54) is 0 Å². The highest BCUT2D eigenvalue weighted by molar-refractivity contribution is 6.30. The molecule has 0 radical (unpaired) electrons. The van der Waals surface area contributed by atoms with Crippen LogP contribution in [0.15, 0.2) is 18.2 Å². The maximum absolute atomic E-state index is 12.5. The van der Waals surface area contributed by atoms with E-state index >= 15 is 0 Å². The minimum absolute atomic E-state index is 0.0562. The van der Waals surface area contributed by atoms with Crippen molar-refractivity contribution < 1.29 is 14.3 Å². The predicted octanol–water partition coefficient (Wildman–Crippen LogP) is 2.00. The number of fused-ring (bicyclic) bond motifs is 1. The highest BCUT2D eigenvalue weighted by atomic mass is 35.5. The smallest absolute Gasteiger partial charge is 0.250 e. The van der Waals surface area contributed by atoms with Crippen LogP contribution in [0.25, 0.3) is 0 Å². The highest BCUT2D eigenvalue weighted by Gasteiger charge is 2.28. The molecule has 0 bridgehead atoms. The number of morpholine rings is 1. The van der Waals surface area contributed by atoms with Gasteiger partial charge in [0.05, 0.1) is 19.3 Å². The van der Waals surface area contributed by atoms with E-state index in [9.17, 15) is 4.79 Å². The highest BCUT2D eigenvalue weighted by Crippen LogP contribution is 2.33. The topological polar surface area (TPSA) is 50.8 Å². The van der Waals surface area contributed by atoms with Crippen molar-refractivity contribution in [1.82, 2.24) is 10.2 Å². The molecule has 0 aliphatic carbocycles. The number of hydrogen-bond acceptors (Lipinski definition) is 4. The van der Waals surface area contributed by atoms with Gasteiger partial charge in [-0.1, -0.05) is 17.7 Å². The number of benzene rings is 1. The Morgan fingerprint density at radius 3 is 3.09 bits per heavy atom. The second-order valence-corrected chi connectivity index (χ2v) is 6.29. The standard InChI is InChI=1S/C16H21ClN2O3/c1-19-6-8-22-15(10-19)16(20)18-13-3-2-7-21-14-9-11(17)4-5-12(13)14/h4-5,9,13,15H,2-3,6-8,10H2,1H3,(H,18,20). The van der Waals surface area contributed by atoms with Gasteiger partial charge in [-0.3, -0.25) is 4.79 Å². The number of nitrogens with zero attached hydrogens (tertiary/aromatic N) is 1. The molecule has 0 saturated carbocycles. The van der Waals surface area contributed by atoms with Crippen LogP contribution in [0.3, 0.4) is 0 Å². The minimum Gasteiger partial charge on any atom is -0.493 e. The van der Waals surface area contributed by atoms with Gasteiger partial charge in [0.1, 0.15) is 11.9 Å². The molecule has 2 heterocycles. The average molecular weight is 325 g/mol. The maximum atomic E-state index is 12.5. The normalized spacial score (nSPS) is 25.7. The van der Waals surface area contributed by atoms with Crippen LogP contribution in [0, 0.1) is 0 Å². The largest absolute Gasteiger partial charge is 0.493 e. The lowest BCUT2D eigenvalue weighted by Gasteiger charge is -2.30. The zero-order valence-electron chi connectivity index (χ0n) is 12.7. The van der Waals surface area contributed by atoms with Crippen LogP contribution in [-0.4, -0.2) is 50.3 Å². The third-order valence-corrected chi connectivity index (χ3v) is 4.36. The first-order chi connectivity index (χ1) is 10.6. The number of nitrogens with one attached hydrogen (secondary N) is 1. The Hall–Kier alpha value is -1.30. The number of amides is 1. The van der Waals surface area contributed by atoms with Crippen molar-refractivity contribution >= 4 is 17.5 Å². The fourth-order valence-corrected chi connectivity index (χ4v) is 3.06. The molecule has 1 aromatic carbocycles. The average Bonchev–Trinajstić information content (AvgIpc) is 2.69. The number of halogens is 1. The molecule has 1 saturated heterocycles. The molecule has 3 rings (SSSR count). The first-order valence-electron chi connectivity index (χ1n) is 7.66. The zero-order chi connectivity index (χ0) is 15.5. The Balaban J connectivity index is 1.73. The number of likely N-dealkylation sites (N-methyl/N-ethyl adjacent to an activating group) is 1. The summed E-state index contributed by atoms with van der Waals surface area (Å²) >= 11 is 6.03. The third kappa shape index (κ3) is 3.54. The second kappa shape index (κ2) is 6.86. The van der Waals surface area contributed by atoms with Crippen LogP contribution in [0.4, 0.5) is 0 Å². The molecule has 1 amide bonds. The summed E-state index contributed by atoms with van der Waals surface area (Å²) < 4.78 is 11.3. The van der Waals surface area contributed by atoms with Gasteiger partial charge in [-0.15, -0.1) is 0 Å². The molecule has 120 valence electrons. The van der Waals surface area contributed by atoms with Crippen LogP contribution < -0.4 is 10.1 Å². The SMILES string of the molecule is CN1CCOC(C(=O)NC2CCCOc3cc(Cl)ccc32)C1. The molecule has 1 N–H and O–H groups in total. The van der Waals surface area contributed by atoms with Crippen molar-refractivity contribution in [2.75, 3.05) is 33.4 Å². The summed E-state index contributed by atoms with van der Waals surface area (Å²) in [6.45, 7) is 2.72. The Bertz CT molecular complexity index is 552. The van der Waals surface area contributed by atoms with Crippen molar-refractivity contribution in [2.45, 2.75) is 25.0 Å². The van der Waals surface area contributed by atoms with Crippen molar-refractivity contribution in [3.05, 3.63) is 28.8 Å². The van der Waals surface area contributed by atoms with E-state index in [4.69, 9.17) is 21.1 Å². The van der Waals surface area contributed by atoms with Crippen LogP contribution in [0.1, 0.15) is 24.4 Å². The minimum atomic E-state index is -0.404. The van der Waals surface area contributed by atoms with Crippen LogP contribution in [0.2, 0.25) is 5.02 Å². The van der Waals surface area contributed by atoms with Crippen molar-refractivity contribution in [3.63, 3.8) is 0 Å². The van der Waals surface area contributed by atoms with E-state index < -0.39 is 6.10 Å². The fourth-order valence-electron chi connectivity index (χ4n) is 2.90. The summed E-state index contributed by atoms with van der Waals surface area (Å²) in [5.74, 6) is 0.705. The Labute approximate surface area is 135 Å². The van der Waals surface area contributed by atoms with Crippen molar-refractivity contribution in [3.8, 4) is 5.75 Å². The molecular formula is C16H21ClN2O3. The van der Waals surface area contributed by atoms with E-state index in [1.54, 1.807) is 0 Å². The number of hydrogen-bond donors (Lipinski definition) is 1. The number of ether oxygens (including phenoxy) is 2. The van der Waals surface area contributed by atoms with Gasteiger partial charge >= 0.3 is 0 Å². The van der Waals surface area contributed by atoms with Gasteiger partial charge in [-0.2, -0.15) is 0 Å². The summed E-state index contributed by atoms with van der Waals surface area (Å²) in [7, 11) is 2.00. The van der Waals surface area contributed by atoms with Gasteiger partial charge in [-0.25, -0.2) is 0 Å². The molecule has 6 heteroatoms. The van der Waals surface area contributed by atoms with Gasteiger partial charge < -0.3 is 19.7 Å². The summed E-state index contributed by atoms with van der Waals surface area (Å²) in [5, 5.41) is 3.75. The molecule has 0 spiro atoms. The lowest BCUT2D eigenvalue weighted by molar-refractivity contribution is -0.138. The van der Waals surface area contributed by atoms with Crippen molar-refractivity contribution in [1.29, 1.82) is 0 Å². The zero-order valence-corrected chi connectivity index (χ0v) is 13.4. The number of carbonyl (C=O) groups is 1. The van der Waals surface area contributed by atoms with Gasteiger partial charge in [0.2, 0.25) is 0 Å². The van der Waals surface area contributed by atoms with Crippen LogP contribution in [0.5, 0.6) is 5.75 Å². The quantitative estimate of drug-likeness (QED) is 0.904. The molecular weight excluding hydrogens is 304 g/mol. The molecule has 0 aromatic heterocycles. The first kappa shape index (κ1) is 15.6. The van der Waals surface area contributed by atoms with Gasteiger partial charge in [-0.05, 0) is 32.0 Å². The van der Waals surface area contributed by atoms with E-state index in [2.05, 4.69) is 10.2 Å². The molecule has 2 unspecified atom stereocenters. The Kier molecular flexibility index (Phi) is 4.86. The summed E-state index contributed by atoms with van der Waals surface area (Å²) in [6, 6.07) is 5.52. The molecule has 1 fully saturated rings. The summed E-state index contributed by atoms with van der Waals surface area (Å²) in [5.41, 5.74) is 0.986. The van der Waals surface area contributed by atoms with Crippen LogP contribution in [-0.2, 0) is 9.53 Å². The predicted molar refractivity (Wildman–Crippen MR) is 84.3 cm³/mol. The fraction of sp³-hybridized carbons (Fsp3) is 0.562. The monoisotopic (exact) mass is 324 g/mol. The number of rotatable bonds is 2. The molecule has 2 aliphatic heterocycles. The lowest BCUT2D eigenvalue weighted by Crippen LogP contribution is -2.49. The number of carbonyl (C=O) groups excluding carboxylic acids is 1. The summed E-state index contributed by atoms with van der Waals surface area (Å²) in [6.07, 6.45) is 1.34. The van der Waals surface area contributed by atoms with Gasteiger partial charge in [0.25, 0.3) is 5.91 Å². The third-order valence-electron chi connectivity index (χ3n) is 4.12. The molecule has 2 aliphatic rings. The Morgan fingerprint density at radius 2 is 2.27 bits per heavy atom. The van der Waals surface area contributed by atoms with E-state index in [1.807, 2.05) is 25.2 Å². The molecule has 5 nitrogen and oxygen atoms in total. The first-order valence-corrected chi connectivity index (χ1v) is 8.04. The lowest BCUT2D eigenvalue weighted by atomic mass is 10.0. The summed E-state index contributed by atoms with van der Waals surface area (Å²) in [4.78, 5) is 14.6. The van der Waals surface area contributed by atoms with E-state index in [-0.39, 0.29) is 11.9 Å². The van der Waals surface area contributed by atoms with Gasteiger partial charge in [0.15, 0.2) is 0 Å². The second-order valence-electron chi connectivity index (χ2n) is 5.86.